The molecule has 1 aliphatic carbocycles. The Hall–Kier alpha value is -3.39. The van der Waals surface area contributed by atoms with Crippen LogP contribution >= 0.6 is 0 Å². The number of ether oxygens (including phenoxy) is 2. The molecule has 0 radical (unpaired) electrons. The maximum atomic E-state index is 13.0. The number of rotatable bonds is 10. The second kappa shape index (κ2) is 12.1. The van der Waals surface area contributed by atoms with Crippen LogP contribution in [-0.2, 0) is 30.9 Å². The molecule has 0 saturated heterocycles. The van der Waals surface area contributed by atoms with Crippen LogP contribution in [0.15, 0.2) is 77.3 Å². The Bertz CT molecular complexity index is 1580. The van der Waals surface area contributed by atoms with Crippen LogP contribution in [0.2, 0.25) is 14.8 Å². The van der Waals surface area contributed by atoms with Crippen LogP contribution in [0, 0.1) is 6.92 Å². The van der Waals surface area contributed by atoms with Gasteiger partial charge in [-0.15, -0.1) is 0 Å². The van der Waals surface area contributed by atoms with Crippen LogP contribution in [0.4, 0.5) is 0 Å². The fourth-order valence-corrected chi connectivity index (χ4v) is 8.75. The molecular formula is C35H39NO5Sn. The summed E-state index contributed by atoms with van der Waals surface area (Å²) in [6.45, 7) is 6.00. The van der Waals surface area contributed by atoms with Crippen molar-refractivity contribution in [1.29, 1.82) is 0 Å². The van der Waals surface area contributed by atoms with E-state index in [-0.39, 0.29) is 24.5 Å². The van der Waals surface area contributed by atoms with Crippen LogP contribution in [0.1, 0.15) is 55.2 Å². The molecule has 5 rings (SSSR count). The number of benzene rings is 3. The van der Waals surface area contributed by atoms with Crippen molar-refractivity contribution in [2.45, 2.75) is 66.4 Å². The molecule has 42 heavy (non-hydrogen) atoms. The molecule has 0 unspecified atom stereocenters. The molecule has 3 aromatic carbocycles. The van der Waals surface area contributed by atoms with E-state index >= 15 is 0 Å². The first kappa shape index (κ1) is 30.1. The molecule has 1 aromatic heterocycles. The summed E-state index contributed by atoms with van der Waals surface area (Å²) in [5.74, 6) is 0.135. The number of hydrogen-bond donors (Lipinski definition) is 0. The molecule has 0 amide bonds. The third-order valence-electron chi connectivity index (χ3n) is 8.17. The molecule has 0 spiro atoms. The molecule has 0 aliphatic heterocycles. The van der Waals surface area contributed by atoms with Gasteiger partial charge in [-0.1, -0.05) is 24.3 Å². The zero-order chi connectivity index (χ0) is 30.1. The summed E-state index contributed by atoms with van der Waals surface area (Å²) in [4.78, 5) is 32.6. The average molecular weight is 672 g/mol. The average Bonchev–Trinajstić information content (AvgIpc) is 3.72. The second-order valence-corrected chi connectivity index (χ2v) is 26.7. The number of carbonyl (C=O) groups excluding carboxylic acids is 2. The molecule has 1 atom stereocenters. The molecule has 1 heterocycles. The van der Waals surface area contributed by atoms with E-state index in [1.54, 1.807) is 0 Å². The third kappa shape index (κ3) is 6.33. The molecule has 0 N–H and O–H groups in total. The van der Waals surface area contributed by atoms with E-state index < -0.39 is 23.8 Å². The van der Waals surface area contributed by atoms with Crippen LogP contribution < -0.4 is 3.58 Å². The zero-order valence-corrected chi connectivity index (χ0v) is 28.2. The number of hydrogen-bond acceptors (Lipinski definition) is 6. The number of esters is 2. The van der Waals surface area contributed by atoms with Gasteiger partial charge in [0.25, 0.3) is 0 Å². The van der Waals surface area contributed by atoms with Crippen molar-refractivity contribution < 1.29 is 23.6 Å². The van der Waals surface area contributed by atoms with Crippen LogP contribution in [0.25, 0.3) is 22.5 Å². The standard InChI is InChI=1S/C32H30NO5.3CH3.Sn/c1-4-36-31(35)32(18-19-32)27-16-14-25(15-17-27)24-10-12-26(13-11-24)30-28(21(2)33-38-30)20-29(34)37-22(3)23-8-6-5-7-9-23;;;;/h5-6,8-17,22H,4,18-20H2,1-3H3;3*1H3;/t22-;;;;/m1..../s1. The minimum atomic E-state index is -2.23. The van der Waals surface area contributed by atoms with Gasteiger partial charge in [0.2, 0.25) is 0 Å². The number of nitrogens with zero attached hydrogens (tertiary/aromatic N) is 1. The number of carbonyl (C=O) groups is 2. The molecule has 1 saturated carbocycles. The zero-order valence-electron chi connectivity index (χ0n) is 25.3. The summed E-state index contributed by atoms with van der Waals surface area (Å²) in [6.07, 6.45) is 1.40. The minimum absolute atomic E-state index is 0.0820. The molecule has 7 heteroatoms. The van der Waals surface area contributed by atoms with Crippen molar-refractivity contribution in [1.82, 2.24) is 5.16 Å². The third-order valence-corrected chi connectivity index (χ3v) is 14.0. The monoisotopic (exact) mass is 673 g/mol. The Kier molecular flexibility index (Phi) is 8.65. The number of aryl methyl sites for hydroxylation is 1. The van der Waals surface area contributed by atoms with Gasteiger partial charge in [0, 0.05) is 0 Å². The van der Waals surface area contributed by atoms with Crippen LogP contribution in [0.3, 0.4) is 0 Å². The van der Waals surface area contributed by atoms with E-state index in [4.69, 9.17) is 14.0 Å². The maximum absolute atomic E-state index is 13.0. The van der Waals surface area contributed by atoms with Crippen LogP contribution in [-0.4, -0.2) is 42.1 Å². The van der Waals surface area contributed by atoms with Crippen LogP contribution in [0.5, 0.6) is 0 Å². The van der Waals surface area contributed by atoms with Crippen molar-refractivity contribution in [2.75, 3.05) is 6.61 Å². The molecular weight excluding hydrogens is 633 g/mol. The van der Waals surface area contributed by atoms with E-state index in [1.807, 2.05) is 75.4 Å². The normalized spacial score (nSPS) is 14.7. The quantitative estimate of drug-likeness (QED) is 0.130. The smallest absolute Gasteiger partial charge is 0.0573 e. The molecule has 0 bridgehead atoms. The number of aromatic nitrogens is 1. The summed E-state index contributed by atoms with van der Waals surface area (Å²) in [5.41, 5.74) is 5.90. The predicted octanol–water partition coefficient (Wildman–Crippen LogP) is 7.30. The van der Waals surface area contributed by atoms with E-state index in [0.29, 0.717) is 18.1 Å². The Morgan fingerprint density at radius 1 is 0.952 bits per heavy atom. The summed E-state index contributed by atoms with van der Waals surface area (Å²) in [7, 11) is 0. The van der Waals surface area contributed by atoms with Gasteiger partial charge < -0.3 is 4.74 Å². The summed E-state index contributed by atoms with van der Waals surface area (Å²) >= 11 is -2.23. The van der Waals surface area contributed by atoms with Gasteiger partial charge in [-0.2, -0.15) is 0 Å². The molecule has 1 aliphatic rings. The first-order valence-electron chi connectivity index (χ1n) is 14.7. The van der Waals surface area contributed by atoms with Gasteiger partial charge in [0.15, 0.2) is 0 Å². The second-order valence-electron chi connectivity index (χ2n) is 12.2. The van der Waals surface area contributed by atoms with Gasteiger partial charge in [-0.3, -0.25) is 4.79 Å². The van der Waals surface area contributed by atoms with E-state index in [0.717, 1.165) is 46.2 Å². The van der Waals surface area contributed by atoms with E-state index in [9.17, 15) is 9.59 Å². The Balaban J connectivity index is 1.27. The fraction of sp³-hybridized carbons (Fsp3) is 0.343. The molecule has 218 valence electrons. The topological polar surface area (TPSA) is 78.6 Å². The summed E-state index contributed by atoms with van der Waals surface area (Å²) < 4.78 is 18.2. The van der Waals surface area contributed by atoms with Crippen molar-refractivity contribution in [3.05, 3.63) is 95.2 Å². The molecule has 1 fully saturated rings. The van der Waals surface area contributed by atoms with Gasteiger partial charge in [0.05, 0.1) is 12.0 Å². The first-order chi connectivity index (χ1) is 20.0. The van der Waals surface area contributed by atoms with Gasteiger partial charge in [-0.05, 0) is 36.5 Å². The van der Waals surface area contributed by atoms with Gasteiger partial charge in [0.1, 0.15) is 0 Å². The first-order valence-corrected chi connectivity index (χ1v) is 24.6. The Morgan fingerprint density at radius 3 is 2.17 bits per heavy atom. The predicted molar refractivity (Wildman–Crippen MR) is 167 cm³/mol. The van der Waals surface area contributed by atoms with Crippen molar-refractivity contribution in [3.8, 4) is 22.5 Å². The SMILES string of the molecule is CCOC(=O)C1(c2ccc(-c3ccc(-c4onc(C)c4CC(=O)O[C@H](C)c4ccc[c]([Sn]([CH3])([CH3])[CH3])c4)cc3)cc2)CC1. The minimum Gasteiger partial charge on any atom is -0.0573 e. The van der Waals surface area contributed by atoms with Gasteiger partial charge >= 0.3 is 171 Å². The van der Waals surface area contributed by atoms with E-state index in [2.05, 4.69) is 38.2 Å². The summed E-state index contributed by atoms with van der Waals surface area (Å²) in [5, 5.41) is 4.15. The van der Waals surface area contributed by atoms with Gasteiger partial charge in [-0.25, -0.2) is 0 Å². The fourth-order valence-electron chi connectivity index (χ4n) is 5.33. The summed E-state index contributed by atoms with van der Waals surface area (Å²) in [6, 6.07) is 24.6. The van der Waals surface area contributed by atoms with Crippen molar-refractivity contribution >= 4 is 33.9 Å². The Morgan fingerprint density at radius 2 is 1.57 bits per heavy atom. The Labute approximate surface area is 252 Å². The van der Waals surface area contributed by atoms with Crippen molar-refractivity contribution in [3.63, 3.8) is 0 Å². The molecule has 6 nitrogen and oxygen atoms in total. The van der Waals surface area contributed by atoms with E-state index in [1.165, 1.54) is 3.58 Å². The molecule has 4 aromatic rings. The van der Waals surface area contributed by atoms with Crippen molar-refractivity contribution in [2.24, 2.45) is 0 Å².